The summed E-state index contributed by atoms with van der Waals surface area (Å²) in [6.45, 7) is 4.25. The molecule has 1 aliphatic heterocycles. The zero-order chi connectivity index (χ0) is 20.1. The molecule has 29 heavy (non-hydrogen) atoms. The summed E-state index contributed by atoms with van der Waals surface area (Å²) in [7, 11) is 0. The van der Waals surface area contributed by atoms with Gasteiger partial charge in [-0.05, 0) is 56.2 Å². The third-order valence-corrected chi connectivity index (χ3v) is 5.17. The van der Waals surface area contributed by atoms with Crippen LogP contribution < -0.4 is 5.32 Å². The monoisotopic (exact) mass is 383 g/mol. The van der Waals surface area contributed by atoms with E-state index in [-0.39, 0.29) is 11.5 Å². The highest BCUT2D eigenvalue weighted by atomic mass is 16.1. The standard InChI is InChI=1S/C21H17N7O/c1-12-7-15(10-22)26-28(12)21-16(13(2)29)3-4-20(25-21)27-11-24-18-9-17-14(5-6-23-17)8-19(18)27/h3-4,7-9,11,23H,5-6H2,1-2H3. The first-order chi connectivity index (χ1) is 14.0. The Morgan fingerprint density at radius 2 is 2.14 bits per heavy atom. The number of aromatic nitrogens is 5. The van der Waals surface area contributed by atoms with Gasteiger partial charge in [-0.1, -0.05) is 0 Å². The van der Waals surface area contributed by atoms with Crippen molar-refractivity contribution in [3.05, 3.63) is 59.2 Å². The fourth-order valence-corrected chi connectivity index (χ4v) is 3.74. The zero-order valence-corrected chi connectivity index (χ0v) is 16.0. The number of Topliss-reactive ketones (excluding diaryl/α,β-unsaturated/α-hetero) is 1. The molecule has 4 heterocycles. The number of hydrogen-bond acceptors (Lipinski definition) is 6. The number of nitrogens with zero attached hydrogens (tertiary/aromatic N) is 6. The van der Waals surface area contributed by atoms with Crippen molar-refractivity contribution in [1.82, 2.24) is 24.3 Å². The molecule has 0 atom stereocenters. The zero-order valence-electron chi connectivity index (χ0n) is 16.0. The number of carbonyl (C=O) groups is 1. The number of nitriles is 1. The second-order valence-corrected chi connectivity index (χ2v) is 7.08. The Bertz CT molecular complexity index is 1340. The van der Waals surface area contributed by atoms with E-state index in [1.54, 1.807) is 29.2 Å². The van der Waals surface area contributed by atoms with Gasteiger partial charge in [-0.3, -0.25) is 9.36 Å². The van der Waals surface area contributed by atoms with Crippen LogP contribution in [-0.4, -0.2) is 36.6 Å². The molecule has 5 rings (SSSR count). The molecule has 0 unspecified atom stereocenters. The van der Waals surface area contributed by atoms with Crippen LogP contribution in [0.1, 0.15) is 34.2 Å². The second kappa shape index (κ2) is 6.27. The van der Waals surface area contributed by atoms with Gasteiger partial charge >= 0.3 is 0 Å². The van der Waals surface area contributed by atoms with Gasteiger partial charge in [-0.15, -0.1) is 0 Å². The van der Waals surface area contributed by atoms with E-state index in [9.17, 15) is 10.1 Å². The van der Waals surface area contributed by atoms with Crippen molar-refractivity contribution in [2.45, 2.75) is 20.3 Å². The van der Waals surface area contributed by atoms with Gasteiger partial charge in [-0.2, -0.15) is 10.4 Å². The highest BCUT2D eigenvalue weighted by Gasteiger charge is 2.18. The molecule has 0 saturated heterocycles. The van der Waals surface area contributed by atoms with Crippen LogP contribution in [-0.2, 0) is 6.42 Å². The minimum Gasteiger partial charge on any atom is -0.384 e. The van der Waals surface area contributed by atoms with Crippen LogP contribution in [0.2, 0.25) is 0 Å². The lowest BCUT2D eigenvalue weighted by Crippen LogP contribution is -2.11. The minimum atomic E-state index is -0.119. The third-order valence-electron chi connectivity index (χ3n) is 5.17. The number of fused-ring (bicyclic) bond motifs is 2. The summed E-state index contributed by atoms with van der Waals surface area (Å²) < 4.78 is 3.45. The quantitative estimate of drug-likeness (QED) is 0.546. The maximum atomic E-state index is 12.2. The van der Waals surface area contributed by atoms with E-state index in [2.05, 4.69) is 27.5 Å². The van der Waals surface area contributed by atoms with Crippen molar-refractivity contribution in [3.63, 3.8) is 0 Å². The molecule has 3 aromatic heterocycles. The molecule has 0 spiro atoms. The molecule has 142 valence electrons. The average molecular weight is 383 g/mol. The Morgan fingerprint density at radius 3 is 2.90 bits per heavy atom. The molecule has 0 saturated carbocycles. The van der Waals surface area contributed by atoms with Crippen LogP contribution in [0.25, 0.3) is 22.7 Å². The number of imidazole rings is 1. The van der Waals surface area contributed by atoms with Crippen LogP contribution in [0.4, 0.5) is 5.69 Å². The number of hydrogen-bond donors (Lipinski definition) is 1. The number of anilines is 1. The Hall–Kier alpha value is -3.99. The summed E-state index contributed by atoms with van der Waals surface area (Å²) in [4.78, 5) is 21.4. The molecule has 1 aromatic carbocycles. The molecule has 1 aliphatic rings. The van der Waals surface area contributed by atoms with Gasteiger partial charge < -0.3 is 5.32 Å². The predicted octanol–water partition coefficient (Wildman–Crippen LogP) is 2.96. The highest BCUT2D eigenvalue weighted by Crippen LogP contribution is 2.29. The van der Waals surface area contributed by atoms with E-state index >= 15 is 0 Å². The van der Waals surface area contributed by atoms with E-state index in [0.717, 1.165) is 35.4 Å². The molecule has 4 aromatic rings. The lowest BCUT2D eigenvalue weighted by Gasteiger charge is -2.11. The highest BCUT2D eigenvalue weighted by molar-refractivity contribution is 5.97. The lowest BCUT2D eigenvalue weighted by molar-refractivity contribution is 0.101. The molecule has 0 aliphatic carbocycles. The summed E-state index contributed by atoms with van der Waals surface area (Å²) in [6.07, 6.45) is 2.71. The van der Waals surface area contributed by atoms with Crippen molar-refractivity contribution in [3.8, 4) is 17.7 Å². The first-order valence-corrected chi connectivity index (χ1v) is 9.28. The van der Waals surface area contributed by atoms with Crippen molar-refractivity contribution in [1.29, 1.82) is 5.26 Å². The molecule has 8 heteroatoms. The van der Waals surface area contributed by atoms with Crippen molar-refractivity contribution >= 4 is 22.5 Å². The number of carbonyl (C=O) groups excluding carboxylic acids is 1. The van der Waals surface area contributed by atoms with Gasteiger partial charge in [0.05, 0.1) is 16.6 Å². The van der Waals surface area contributed by atoms with Crippen molar-refractivity contribution in [2.75, 3.05) is 11.9 Å². The van der Waals surface area contributed by atoms with Gasteiger partial charge in [0.2, 0.25) is 0 Å². The van der Waals surface area contributed by atoms with Gasteiger partial charge in [0.15, 0.2) is 17.3 Å². The molecule has 8 nitrogen and oxygen atoms in total. The Kier molecular flexibility index (Phi) is 3.71. The maximum Gasteiger partial charge on any atom is 0.166 e. The fourth-order valence-electron chi connectivity index (χ4n) is 3.74. The fraction of sp³-hybridized carbons (Fsp3) is 0.190. The van der Waals surface area contributed by atoms with Crippen LogP contribution in [0, 0.1) is 18.3 Å². The SMILES string of the molecule is CC(=O)c1ccc(-n2cnc3cc4c(cc32)CCN4)nc1-n1nc(C#N)cc1C. The average Bonchev–Trinajstić information content (AvgIpc) is 3.43. The topological polar surface area (TPSA) is 101 Å². The first kappa shape index (κ1) is 17.1. The molecular formula is C21H17N7O. The minimum absolute atomic E-state index is 0.119. The largest absolute Gasteiger partial charge is 0.384 e. The molecular weight excluding hydrogens is 366 g/mol. The van der Waals surface area contributed by atoms with E-state index in [4.69, 9.17) is 4.98 Å². The third kappa shape index (κ3) is 2.67. The summed E-state index contributed by atoms with van der Waals surface area (Å²) in [5, 5.41) is 16.8. The number of aryl methyl sites for hydroxylation is 1. The van der Waals surface area contributed by atoms with Crippen LogP contribution >= 0.6 is 0 Å². The Morgan fingerprint density at radius 1 is 1.28 bits per heavy atom. The van der Waals surface area contributed by atoms with Crippen LogP contribution in [0.5, 0.6) is 0 Å². The maximum absolute atomic E-state index is 12.2. The number of pyridine rings is 1. The molecule has 0 amide bonds. The first-order valence-electron chi connectivity index (χ1n) is 9.28. The Labute approximate surface area is 166 Å². The number of nitrogens with one attached hydrogen (secondary N) is 1. The van der Waals surface area contributed by atoms with Crippen LogP contribution in [0.3, 0.4) is 0 Å². The van der Waals surface area contributed by atoms with Crippen LogP contribution in [0.15, 0.2) is 36.7 Å². The van der Waals surface area contributed by atoms with E-state index in [1.807, 2.05) is 17.6 Å². The smallest absolute Gasteiger partial charge is 0.166 e. The summed E-state index contributed by atoms with van der Waals surface area (Å²) in [5.41, 5.74) is 5.66. The molecule has 0 bridgehead atoms. The summed E-state index contributed by atoms with van der Waals surface area (Å²) >= 11 is 0. The van der Waals surface area contributed by atoms with Gasteiger partial charge in [0.25, 0.3) is 0 Å². The van der Waals surface area contributed by atoms with Crippen molar-refractivity contribution < 1.29 is 4.79 Å². The van der Waals surface area contributed by atoms with E-state index in [0.29, 0.717) is 17.2 Å². The summed E-state index contributed by atoms with van der Waals surface area (Å²) in [6, 6.07) is 11.4. The summed E-state index contributed by atoms with van der Waals surface area (Å²) in [5.74, 6) is 0.914. The van der Waals surface area contributed by atoms with Gasteiger partial charge in [-0.25, -0.2) is 14.6 Å². The number of benzene rings is 1. The van der Waals surface area contributed by atoms with Crippen molar-refractivity contribution in [2.24, 2.45) is 0 Å². The number of rotatable bonds is 3. The molecule has 1 N–H and O–H groups in total. The predicted molar refractivity (Wildman–Crippen MR) is 108 cm³/mol. The normalized spacial score (nSPS) is 12.6. The molecule has 0 radical (unpaired) electrons. The lowest BCUT2D eigenvalue weighted by atomic mass is 10.1. The van der Waals surface area contributed by atoms with E-state index in [1.165, 1.54) is 12.5 Å². The van der Waals surface area contributed by atoms with Gasteiger partial charge in [0.1, 0.15) is 18.2 Å². The Balaban J connectivity index is 1.71. The second-order valence-electron chi connectivity index (χ2n) is 7.08. The van der Waals surface area contributed by atoms with E-state index < -0.39 is 0 Å². The van der Waals surface area contributed by atoms with Gasteiger partial charge in [0, 0.05) is 17.9 Å². The number of ketones is 1. The molecule has 0 fully saturated rings.